The smallest absolute Gasteiger partial charge is 0.329 e. The molecule has 94 valence electrons. The van der Waals surface area contributed by atoms with Gasteiger partial charge in [0, 0.05) is 18.1 Å². The predicted octanol–water partition coefficient (Wildman–Crippen LogP) is 1.56. The van der Waals surface area contributed by atoms with Crippen LogP contribution in [-0.2, 0) is 9.53 Å². The first-order chi connectivity index (χ1) is 8.62. The zero-order valence-corrected chi connectivity index (χ0v) is 10.2. The van der Waals surface area contributed by atoms with Crippen molar-refractivity contribution >= 4 is 29.2 Å². The van der Waals surface area contributed by atoms with E-state index in [-0.39, 0.29) is 12.5 Å². The molecule has 1 aromatic carbocycles. The number of anilines is 1. The predicted molar refractivity (Wildman–Crippen MR) is 65.6 cm³/mol. The van der Waals surface area contributed by atoms with Crippen LogP contribution < -0.4 is 10.2 Å². The molecule has 2 saturated heterocycles. The van der Waals surface area contributed by atoms with E-state index in [0.29, 0.717) is 23.7 Å². The van der Waals surface area contributed by atoms with E-state index in [2.05, 4.69) is 5.32 Å². The summed E-state index contributed by atoms with van der Waals surface area (Å²) in [6.45, 7) is 0.712. The van der Waals surface area contributed by atoms with Crippen LogP contribution >= 0.6 is 11.6 Å². The first-order valence-electron chi connectivity index (χ1n) is 5.62. The number of hydrogen-bond donors (Lipinski definition) is 1. The van der Waals surface area contributed by atoms with Crippen LogP contribution in [0.3, 0.4) is 0 Å². The Hall–Kier alpha value is -1.59. The molecule has 0 bridgehead atoms. The fourth-order valence-corrected chi connectivity index (χ4v) is 2.49. The van der Waals surface area contributed by atoms with Crippen LogP contribution in [0.4, 0.5) is 10.5 Å². The summed E-state index contributed by atoms with van der Waals surface area (Å²) in [6, 6.07) is 6.24. The number of rotatable bonds is 1. The first-order valence-corrected chi connectivity index (χ1v) is 6.00. The average Bonchev–Trinajstić information content (AvgIpc) is 2.87. The molecule has 0 aliphatic carbocycles. The van der Waals surface area contributed by atoms with Crippen LogP contribution in [0.25, 0.3) is 0 Å². The monoisotopic (exact) mass is 266 g/mol. The maximum Gasteiger partial charge on any atom is 0.329 e. The minimum atomic E-state index is -0.889. The fourth-order valence-electron chi connectivity index (χ4n) is 2.30. The Labute approximate surface area is 109 Å². The van der Waals surface area contributed by atoms with E-state index in [9.17, 15) is 9.59 Å². The van der Waals surface area contributed by atoms with Gasteiger partial charge in [-0.05, 0) is 18.2 Å². The van der Waals surface area contributed by atoms with Crippen LogP contribution in [0.2, 0.25) is 5.02 Å². The van der Waals surface area contributed by atoms with E-state index in [1.165, 1.54) is 0 Å². The minimum absolute atomic E-state index is 0.231. The van der Waals surface area contributed by atoms with Gasteiger partial charge in [0.2, 0.25) is 0 Å². The van der Waals surface area contributed by atoms with Crippen LogP contribution in [0.5, 0.6) is 0 Å². The van der Waals surface area contributed by atoms with Gasteiger partial charge in [0.05, 0.1) is 12.3 Å². The molecule has 3 amide bonds. The van der Waals surface area contributed by atoms with E-state index >= 15 is 0 Å². The second-order valence-electron chi connectivity index (χ2n) is 4.44. The Balaban J connectivity index is 1.98. The van der Waals surface area contributed by atoms with Crippen molar-refractivity contribution in [1.82, 2.24) is 5.32 Å². The van der Waals surface area contributed by atoms with E-state index in [0.717, 1.165) is 4.90 Å². The van der Waals surface area contributed by atoms with Gasteiger partial charge in [-0.3, -0.25) is 4.79 Å². The van der Waals surface area contributed by atoms with E-state index in [1.54, 1.807) is 24.3 Å². The highest BCUT2D eigenvalue weighted by molar-refractivity contribution is 6.31. The Morgan fingerprint density at radius 2 is 2.22 bits per heavy atom. The standard InChI is InChI=1S/C12H11ClN2O3/c13-8-2-1-3-9(6-8)15-10(16)12(14-11(15)17)4-5-18-7-12/h1-3,6H,4-5,7H2,(H,14,17). The number of ether oxygens (including phenoxy) is 1. The molecule has 18 heavy (non-hydrogen) atoms. The Morgan fingerprint density at radius 3 is 2.89 bits per heavy atom. The van der Waals surface area contributed by atoms with Gasteiger partial charge >= 0.3 is 6.03 Å². The van der Waals surface area contributed by atoms with Crippen molar-refractivity contribution in [2.24, 2.45) is 0 Å². The van der Waals surface area contributed by atoms with Crippen molar-refractivity contribution in [2.75, 3.05) is 18.1 Å². The largest absolute Gasteiger partial charge is 0.378 e. The van der Waals surface area contributed by atoms with Gasteiger partial charge in [-0.2, -0.15) is 0 Å². The highest BCUT2D eigenvalue weighted by Crippen LogP contribution is 2.31. The average molecular weight is 267 g/mol. The lowest BCUT2D eigenvalue weighted by molar-refractivity contribution is -0.122. The minimum Gasteiger partial charge on any atom is -0.378 e. The third-order valence-electron chi connectivity index (χ3n) is 3.25. The van der Waals surface area contributed by atoms with Crippen molar-refractivity contribution in [3.8, 4) is 0 Å². The van der Waals surface area contributed by atoms with Crippen molar-refractivity contribution in [1.29, 1.82) is 0 Å². The topological polar surface area (TPSA) is 58.6 Å². The molecule has 2 heterocycles. The number of imide groups is 1. The maximum absolute atomic E-state index is 12.4. The molecule has 1 spiro atoms. The molecule has 1 atom stereocenters. The summed E-state index contributed by atoms with van der Waals surface area (Å²) in [5.74, 6) is -0.271. The summed E-state index contributed by atoms with van der Waals surface area (Å²) in [5.41, 5.74) is -0.409. The van der Waals surface area contributed by atoms with Gasteiger partial charge in [0.25, 0.3) is 5.91 Å². The highest BCUT2D eigenvalue weighted by Gasteiger charge is 2.53. The van der Waals surface area contributed by atoms with Crippen LogP contribution in [0.1, 0.15) is 6.42 Å². The molecule has 3 rings (SSSR count). The van der Waals surface area contributed by atoms with Crippen molar-refractivity contribution in [3.63, 3.8) is 0 Å². The van der Waals surface area contributed by atoms with Gasteiger partial charge in [-0.15, -0.1) is 0 Å². The fraction of sp³-hybridized carbons (Fsp3) is 0.333. The number of carbonyl (C=O) groups excluding carboxylic acids is 2. The van der Waals surface area contributed by atoms with Crippen molar-refractivity contribution in [3.05, 3.63) is 29.3 Å². The summed E-state index contributed by atoms with van der Waals surface area (Å²) in [4.78, 5) is 25.4. The number of nitrogens with one attached hydrogen (secondary N) is 1. The number of amides is 3. The first kappa shape index (κ1) is 11.5. The quantitative estimate of drug-likeness (QED) is 0.785. The molecule has 2 fully saturated rings. The third-order valence-corrected chi connectivity index (χ3v) is 3.48. The number of urea groups is 1. The van der Waals surface area contributed by atoms with Gasteiger partial charge in [0.1, 0.15) is 5.54 Å². The van der Waals surface area contributed by atoms with Gasteiger partial charge in [-0.1, -0.05) is 17.7 Å². The zero-order chi connectivity index (χ0) is 12.8. The van der Waals surface area contributed by atoms with Gasteiger partial charge in [-0.25, -0.2) is 9.69 Å². The van der Waals surface area contributed by atoms with Crippen LogP contribution in [0, 0.1) is 0 Å². The number of nitrogens with zero attached hydrogens (tertiary/aromatic N) is 1. The lowest BCUT2D eigenvalue weighted by Crippen LogP contribution is -2.47. The van der Waals surface area contributed by atoms with E-state index in [4.69, 9.17) is 16.3 Å². The summed E-state index contributed by atoms with van der Waals surface area (Å²) < 4.78 is 5.22. The number of hydrogen-bond acceptors (Lipinski definition) is 3. The number of carbonyl (C=O) groups is 2. The molecule has 6 heteroatoms. The van der Waals surface area contributed by atoms with E-state index in [1.807, 2.05) is 0 Å². The molecule has 1 N–H and O–H groups in total. The molecular formula is C12H11ClN2O3. The zero-order valence-electron chi connectivity index (χ0n) is 9.48. The SMILES string of the molecule is O=C1NC2(CCOC2)C(=O)N1c1cccc(Cl)c1. The van der Waals surface area contributed by atoms with Crippen molar-refractivity contribution in [2.45, 2.75) is 12.0 Å². The summed E-state index contributed by atoms with van der Waals surface area (Å²) in [6.07, 6.45) is 0.509. The highest BCUT2D eigenvalue weighted by atomic mass is 35.5. The molecule has 0 saturated carbocycles. The normalized spacial score (nSPS) is 27.1. The third kappa shape index (κ3) is 1.59. The van der Waals surface area contributed by atoms with Crippen LogP contribution in [-0.4, -0.2) is 30.7 Å². The molecule has 2 aliphatic heterocycles. The summed E-state index contributed by atoms with van der Waals surface area (Å²) >= 11 is 5.88. The maximum atomic E-state index is 12.4. The molecular weight excluding hydrogens is 256 g/mol. The number of benzene rings is 1. The van der Waals surface area contributed by atoms with Crippen molar-refractivity contribution < 1.29 is 14.3 Å². The molecule has 0 radical (unpaired) electrons. The van der Waals surface area contributed by atoms with Gasteiger partial charge < -0.3 is 10.1 Å². The molecule has 1 unspecified atom stereocenters. The lowest BCUT2D eigenvalue weighted by Gasteiger charge is -2.18. The molecule has 2 aliphatic rings. The summed E-state index contributed by atoms with van der Waals surface area (Å²) in [5, 5.41) is 3.20. The second-order valence-corrected chi connectivity index (χ2v) is 4.87. The summed E-state index contributed by atoms with van der Waals surface area (Å²) in [7, 11) is 0. The Bertz CT molecular complexity index is 526. The van der Waals surface area contributed by atoms with E-state index < -0.39 is 11.6 Å². The molecule has 1 aromatic rings. The Kier molecular flexibility index (Phi) is 2.53. The van der Waals surface area contributed by atoms with Crippen LogP contribution in [0.15, 0.2) is 24.3 Å². The Morgan fingerprint density at radius 1 is 1.39 bits per heavy atom. The lowest BCUT2D eigenvalue weighted by atomic mass is 9.99. The molecule has 0 aromatic heterocycles. The molecule has 5 nitrogen and oxygen atoms in total. The number of halogens is 1. The second kappa shape index (κ2) is 3.96. The van der Waals surface area contributed by atoms with Gasteiger partial charge in [0.15, 0.2) is 0 Å².